The molecule has 3 aromatic heterocycles. The first kappa shape index (κ1) is 19.7. The van der Waals surface area contributed by atoms with E-state index in [-0.39, 0.29) is 4.90 Å². The molecule has 5 aromatic rings. The minimum atomic E-state index is -3.26. The van der Waals surface area contributed by atoms with Crippen molar-refractivity contribution in [1.82, 2.24) is 19.6 Å². The van der Waals surface area contributed by atoms with Gasteiger partial charge in [0.25, 0.3) is 0 Å². The van der Waals surface area contributed by atoms with Crippen molar-refractivity contribution in [2.45, 2.75) is 4.90 Å². The summed E-state index contributed by atoms with van der Waals surface area (Å²) in [6.45, 7) is 7.13. The fraction of sp³-hybridized carbons (Fsp3) is 0.0417. The third-order valence-electron chi connectivity index (χ3n) is 5.32. The number of aromatic amines is 1. The molecule has 0 fully saturated rings. The van der Waals surface area contributed by atoms with Crippen molar-refractivity contribution >= 4 is 21.2 Å². The first-order valence-corrected chi connectivity index (χ1v) is 11.6. The van der Waals surface area contributed by atoms with Gasteiger partial charge in [0.05, 0.1) is 35.2 Å². The number of benzene rings is 2. The van der Waals surface area contributed by atoms with E-state index < -0.39 is 9.84 Å². The molecule has 3 heterocycles. The number of sulfone groups is 1. The Kier molecular flexibility index (Phi) is 4.61. The average molecular weight is 440 g/mol. The SMILES string of the molecule is [C-]#[N+]c1ccc(-c2cnc3ccc(-c4cn[nH]c4-c4ccc(S(C)(=O)=O)cc4)cn23)cc1. The van der Waals surface area contributed by atoms with Gasteiger partial charge >= 0.3 is 0 Å². The van der Waals surface area contributed by atoms with Crippen molar-refractivity contribution < 1.29 is 8.42 Å². The maximum atomic E-state index is 11.8. The van der Waals surface area contributed by atoms with Gasteiger partial charge in [-0.25, -0.2) is 18.2 Å². The van der Waals surface area contributed by atoms with Gasteiger partial charge in [-0.15, -0.1) is 0 Å². The number of aromatic nitrogens is 4. The topological polar surface area (TPSA) is 84.5 Å². The molecule has 0 radical (unpaired) electrons. The Bertz CT molecular complexity index is 1590. The quantitative estimate of drug-likeness (QED) is 0.399. The van der Waals surface area contributed by atoms with Gasteiger partial charge in [0.15, 0.2) is 15.5 Å². The van der Waals surface area contributed by atoms with Gasteiger partial charge in [-0.3, -0.25) is 9.50 Å². The van der Waals surface area contributed by atoms with Crippen LogP contribution in [0, 0.1) is 6.57 Å². The van der Waals surface area contributed by atoms with E-state index in [1.807, 2.05) is 41.1 Å². The molecule has 0 bridgehead atoms. The normalized spacial score (nSPS) is 11.5. The van der Waals surface area contributed by atoms with E-state index in [0.717, 1.165) is 39.3 Å². The van der Waals surface area contributed by atoms with Gasteiger partial charge in [0, 0.05) is 29.1 Å². The molecule has 32 heavy (non-hydrogen) atoms. The number of nitrogens with one attached hydrogen (secondary N) is 1. The van der Waals surface area contributed by atoms with Gasteiger partial charge in [-0.05, 0) is 29.8 Å². The summed E-state index contributed by atoms with van der Waals surface area (Å²) in [6, 6.07) is 18.1. The largest absolute Gasteiger partial charge is 0.299 e. The van der Waals surface area contributed by atoms with Crippen molar-refractivity contribution in [2.75, 3.05) is 6.26 Å². The fourth-order valence-electron chi connectivity index (χ4n) is 3.65. The van der Waals surface area contributed by atoms with E-state index in [0.29, 0.717) is 5.69 Å². The molecule has 2 aromatic carbocycles. The Morgan fingerprint density at radius 3 is 2.28 bits per heavy atom. The zero-order valence-electron chi connectivity index (χ0n) is 17.0. The van der Waals surface area contributed by atoms with Crippen LogP contribution in [-0.4, -0.2) is 34.3 Å². The minimum absolute atomic E-state index is 0.274. The van der Waals surface area contributed by atoms with Gasteiger partial charge in [-0.2, -0.15) is 5.10 Å². The highest BCUT2D eigenvalue weighted by molar-refractivity contribution is 7.90. The summed E-state index contributed by atoms with van der Waals surface area (Å²) >= 11 is 0. The second-order valence-corrected chi connectivity index (χ2v) is 9.42. The lowest BCUT2D eigenvalue weighted by Crippen LogP contribution is -1.96. The zero-order chi connectivity index (χ0) is 22.3. The molecule has 0 aliphatic carbocycles. The van der Waals surface area contributed by atoms with Crippen LogP contribution in [0.4, 0.5) is 5.69 Å². The number of imidazole rings is 1. The summed E-state index contributed by atoms with van der Waals surface area (Å²) in [5.74, 6) is 0. The van der Waals surface area contributed by atoms with Gasteiger partial charge in [-0.1, -0.05) is 36.4 Å². The first-order valence-electron chi connectivity index (χ1n) is 9.73. The Morgan fingerprint density at radius 1 is 0.906 bits per heavy atom. The molecular formula is C24H17N5O2S. The lowest BCUT2D eigenvalue weighted by molar-refractivity contribution is 0.602. The number of nitrogens with zero attached hydrogens (tertiary/aromatic N) is 4. The molecule has 0 spiro atoms. The standard InChI is InChI=1S/C24H17N5O2S/c1-25-19-8-3-16(4-9-19)22-14-26-23-12-7-18(15-29(22)23)21-13-27-28-24(21)17-5-10-20(11-6-17)32(2,30)31/h3-15H,2H3,(H,27,28). The van der Waals surface area contributed by atoms with Crippen LogP contribution < -0.4 is 0 Å². The second-order valence-electron chi connectivity index (χ2n) is 7.40. The van der Waals surface area contributed by atoms with Crippen LogP contribution in [0.15, 0.2) is 84.1 Å². The van der Waals surface area contributed by atoms with Crippen molar-refractivity contribution in [3.05, 3.63) is 90.7 Å². The first-order chi connectivity index (χ1) is 15.4. The number of H-pyrrole nitrogens is 1. The van der Waals surface area contributed by atoms with E-state index >= 15 is 0 Å². The lowest BCUT2D eigenvalue weighted by Gasteiger charge is -2.08. The highest BCUT2D eigenvalue weighted by atomic mass is 32.2. The summed E-state index contributed by atoms with van der Waals surface area (Å²) < 4.78 is 25.5. The van der Waals surface area contributed by atoms with Crippen LogP contribution in [0.1, 0.15) is 0 Å². The Morgan fingerprint density at radius 2 is 1.59 bits per heavy atom. The molecule has 8 heteroatoms. The molecule has 0 saturated heterocycles. The lowest BCUT2D eigenvalue weighted by atomic mass is 10.0. The number of pyridine rings is 1. The predicted molar refractivity (Wildman–Crippen MR) is 123 cm³/mol. The molecule has 7 nitrogen and oxygen atoms in total. The molecule has 0 atom stereocenters. The van der Waals surface area contributed by atoms with E-state index in [1.165, 1.54) is 6.26 Å². The molecule has 0 aliphatic heterocycles. The van der Waals surface area contributed by atoms with Crippen molar-refractivity contribution in [1.29, 1.82) is 0 Å². The third-order valence-corrected chi connectivity index (χ3v) is 6.45. The predicted octanol–water partition coefficient (Wildman–Crippen LogP) is 5.01. The average Bonchev–Trinajstić information content (AvgIpc) is 3.45. The molecule has 5 rings (SSSR count). The molecule has 0 saturated carbocycles. The van der Waals surface area contributed by atoms with Crippen molar-refractivity contribution in [3.63, 3.8) is 0 Å². The number of hydrogen-bond acceptors (Lipinski definition) is 4. The highest BCUT2D eigenvalue weighted by Crippen LogP contribution is 2.32. The molecular weight excluding hydrogens is 422 g/mol. The summed E-state index contributed by atoms with van der Waals surface area (Å²) in [5, 5.41) is 7.24. The van der Waals surface area contributed by atoms with E-state index in [9.17, 15) is 8.42 Å². The molecule has 156 valence electrons. The minimum Gasteiger partial charge on any atom is -0.299 e. The van der Waals surface area contributed by atoms with Crippen molar-refractivity contribution in [2.24, 2.45) is 0 Å². The zero-order valence-corrected chi connectivity index (χ0v) is 17.8. The second kappa shape index (κ2) is 7.48. The van der Waals surface area contributed by atoms with Crippen LogP contribution in [0.25, 0.3) is 44.1 Å². The van der Waals surface area contributed by atoms with Gasteiger partial charge < -0.3 is 0 Å². The monoisotopic (exact) mass is 439 g/mol. The van der Waals surface area contributed by atoms with Crippen LogP contribution >= 0.6 is 0 Å². The number of fused-ring (bicyclic) bond motifs is 1. The van der Waals surface area contributed by atoms with Crippen LogP contribution in [-0.2, 0) is 9.84 Å². The molecule has 0 amide bonds. The Labute approximate surface area is 184 Å². The van der Waals surface area contributed by atoms with Crippen LogP contribution in [0.3, 0.4) is 0 Å². The summed E-state index contributed by atoms with van der Waals surface area (Å²) in [5.41, 5.74) is 6.74. The number of rotatable bonds is 4. The summed E-state index contributed by atoms with van der Waals surface area (Å²) in [7, 11) is -3.26. The summed E-state index contributed by atoms with van der Waals surface area (Å²) in [6.07, 6.45) is 6.75. The van der Waals surface area contributed by atoms with E-state index in [2.05, 4.69) is 20.0 Å². The number of hydrogen-bond donors (Lipinski definition) is 1. The van der Waals surface area contributed by atoms with E-state index in [1.54, 1.807) is 42.6 Å². The summed E-state index contributed by atoms with van der Waals surface area (Å²) in [4.78, 5) is 8.21. The van der Waals surface area contributed by atoms with Gasteiger partial charge in [0.1, 0.15) is 5.65 Å². The fourth-order valence-corrected chi connectivity index (χ4v) is 4.28. The Balaban J connectivity index is 1.58. The van der Waals surface area contributed by atoms with Crippen LogP contribution in [0.2, 0.25) is 0 Å². The highest BCUT2D eigenvalue weighted by Gasteiger charge is 2.14. The van der Waals surface area contributed by atoms with Crippen molar-refractivity contribution in [3.8, 4) is 33.6 Å². The Hall–Kier alpha value is -4.22. The molecule has 0 unspecified atom stereocenters. The van der Waals surface area contributed by atoms with Crippen LogP contribution in [0.5, 0.6) is 0 Å². The van der Waals surface area contributed by atoms with E-state index in [4.69, 9.17) is 6.57 Å². The molecule has 1 N–H and O–H groups in total. The van der Waals surface area contributed by atoms with Gasteiger partial charge in [0.2, 0.25) is 0 Å². The maximum Gasteiger partial charge on any atom is 0.187 e. The maximum absolute atomic E-state index is 11.8. The third kappa shape index (κ3) is 3.45. The smallest absolute Gasteiger partial charge is 0.187 e. The molecule has 0 aliphatic rings.